The van der Waals surface area contributed by atoms with Crippen LogP contribution in [-0.2, 0) is 14.8 Å². The fourth-order valence-electron chi connectivity index (χ4n) is 2.33. The molecule has 1 atom stereocenters. The fraction of sp³-hybridized carbons (Fsp3) is 0.316. The van der Waals surface area contributed by atoms with Gasteiger partial charge in [-0.15, -0.1) is 0 Å². The molecule has 2 rings (SSSR count). The zero-order valence-electron chi connectivity index (χ0n) is 15.7. The van der Waals surface area contributed by atoms with E-state index in [1.807, 2.05) is 26.8 Å². The van der Waals surface area contributed by atoms with Crippen molar-refractivity contribution in [2.45, 2.75) is 32.1 Å². The van der Waals surface area contributed by atoms with E-state index in [2.05, 4.69) is 26.0 Å². The highest BCUT2D eigenvalue weighted by Gasteiger charge is 2.22. The Morgan fingerprint density at radius 2 is 1.93 bits per heavy atom. The van der Waals surface area contributed by atoms with E-state index in [4.69, 9.17) is 4.74 Å². The summed E-state index contributed by atoms with van der Waals surface area (Å²) in [6, 6.07) is 9.89. The molecule has 0 aromatic heterocycles. The van der Waals surface area contributed by atoms with Crippen molar-refractivity contribution in [3.63, 3.8) is 0 Å². The molecule has 0 aliphatic carbocycles. The predicted octanol–water partition coefficient (Wildman–Crippen LogP) is 4.55. The van der Waals surface area contributed by atoms with E-state index in [0.29, 0.717) is 22.3 Å². The van der Waals surface area contributed by atoms with Gasteiger partial charge in [-0.1, -0.05) is 19.9 Å². The summed E-state index contributed by atoms with van der Waals surface area (Å²) in [5, 5.41) is 2.74. The van der Waals surface area contributed by atoms with Crippen molar-refractivity contribution in [1.82, 2.24) is 0 Å². The van der Waals surface area contributed by atoms with Gasteiger partial charge in [-0.25, -0.2) is 8.42 Å². The highest BCUT2D eigenvalue weighted by atomic mass is 79.9. The largest absolute Gasteiger partial charge is 0.495 e. The highest BCUT2D eigenvalue weighted by molar-refractivity contribution is 9.10. The van der Waals surface area contributed by atoms with Crippen LogP contribution >= 0.6 is 15.9 Å². The van der Waals surface area contributed by atoms with E-state index in [-0.39, 0.29) is 22.5 Å². The first-order valence-corrected chi connectivity index (χ1v) is 10.7. The monoisotopic (exact) mass is 454 g/mol. The molecule has 0 aliphatic rings. The minimum Gasteiger partial charge on any atom is -0.495 e. The molecule has 0 saturated carbocycles. The van der Waals surface area contributed by atoms with E-state index in [9.17, 15) is 13.2 Å². The molecule has 0 aliphatic heterocycles. The number of hydrogen-bond acceptors (Lipinski definition) is 4. The summed E-state index contributed by atoms with van der Waals surface area (Å²) in [7, 11) is -2.54. The van der Waals surface area contributed by atoms with Crippen molar-refractivity contribution in [3.05, 3.63) is 46.4 Å². The first kappa shape index (κ1) is 21.2. The summed E-state index contributed by atoms with van der Waals surface area (Å²) < 4.78 is 34.3. The number of anilines is 2. The van der Waals surface area contributed by atoms with Crippen LogP contribution in [0.5, 0.6) is 5.75 Å². The molecule has 0 fully saturated rings. The summed E-state index contributed by atoms with van der Waals surface area (Å²) in [6.07, 6.45) is 0.691. The Labute approximate surface area is 168 Å². The number of nitrogens with one attached hydrogen (secondary N) is 2. The average molecular weight is 455 g/mol. The summed E-state index contributed by atoms with van der Waals surface area (Å²) in [4.78, 5) is 12.1. The van der Waals surface area contributed by atoms with Crippen molar-refractivity contribution in [2.75, 3.05) is 17.1 Å². The Morgan fingerprint density at radius 3 is 2.56 bits per heavy atom. The lowest BCUT2D eigenvalue weighted by atomic mass is 10.1. The third-order valence-corrected chi connectivity index (χ3v) is 6.23. The number of carbonyl (C=O) groups is 1. The van der Waals surface area contributed by atoms with Crippen LogP contribution in [-0.4, -0.2) is 21.4 Å². The maximum atomic E-state index is 12.9. The van der Waals surface area contributed by atoms with Crippen LogP contribution in [0.2, 0.25) is 0 Å². The Kier molecular flexibility index (Phi) is 6.89. The van der Waals surface area contributed by atoms with Gasteiger partial charge >= 0.3 is 0 Å². The minimum atomic E-state index is -3.94. The second kappa shape index (κ2) is 8.75. The molecule has 8 heteroatoms. The number of methoxy groups -OCH3 is 1. The van der Waals surface area contributed by atoms with Gasteiger partial charge in [0.2, 0.25) is 5.91 Å². The molecule has 0 bridgehead atoms. The van der Waals surface area contributed by atoms with Crippen molar-refractivity contribution >= 4 is 43.2 Å². The first-order chi connectivity index (χ1) is 12.7. The number of sulfonamides is 1. The molecule has 2 aromatic rings. The number of hydrogen-bond donors (Lipinski definition) is 2. The van der Waals surface area contributed by atoms with Gasteiger partial charge in [0.25, 0.3) is 10.0 Å². The molecule has 2 aromatic carbocycles. The van der Waals surface area contributed by atoms with Crippen LogP contribution in [0.15, 0.2) is 45.8 Å². The highest BCUT2D eigenvalue weighted by Crippen LogP contribution is 2.31. The van der Waals surface area contributed by atoms with Gasteiger partial charge in [0, 0.05) is 16.1 Å². The number of halogens is 1. The third-order valence-electron chi connectivity index (χ3n) is 4.15. The zero-order chi connectivity index (χ0) is 20.2. The quantitative estimate of drug-likeness (QED) is 0.642. The van der Waals surface area contributed by atoms with Crippen LogP contribution in [0.4, 0.5) is 11.4 Å². The summed E-state index contributed by atoms with van der Waals surface area (Å²) >= 11 is 3.35. The molecule has 146 valence electrons. The maximum absolute atomic E-state index is 12.9. The average Bonchev–Trinajstić information content (AvgIpc) is 2.63. The summed E-state index contributed by atoms with van der Waals surface area (Å²) in [5.74, 6) is -0.151. The lowest BCUT2D eigenvalue weighted by molar-refractivity contribution is -0.119. The van der Waals surface area contributed by atoms with E-state index in [1.54, 1.807) is 18.2 Å². The predicted molar refractivity (Wildman–Crippen MR) is 111 cm³/mol. The smallest absolute Gasteiger partial charge is 0.265 e. The number of rotatable bonds is 7. The number of ether oxygens (including phenoxy) is 1. The molecule has 1 amide bonds. The normalized spacial score (nSPS) is 12.3. The van der Waals surface area contributed by atoms with Gasteiger partial charge in [-0.05, 0) is 65.2 Å². The Hall–Kier alpha value is -2.06. The van der Waals surface area contributed by atoms with Gasteiger partial charge < -0.3 is 10.1 Å². The molecule has 0 heterocycles. The lowest BCUT2D eigenvalue weighted by Crippen LogP contribution is -2.20. The van der Waals surface area contributed by atoms with Crippen LogP contribution < -0.4 is 14.8 Å². The van der Waals surface area contributed by atoms with Crippen molar-refractivity contribution in [2.24, 2.45) is 5.92 Å². The van der Waals surface area contributed by atoms with Gasteiger partial charge in [0.15, 0.2) is 0 Å². The van der Waals surface area contributed by atoms with Gasteiger partial charge in [-0.2, -0.15) is 0 Å². The topological polar surface area (TPSA) is 84.5 Å². The van der Waals surface area contributed by atoms with Crippen molar-refractivity contribution in [3.8, 4) is 5.75 Å². The van der Waals surface area contributed by atoms with Crippen LogP contribution in [0, 0.1) is 12.8 Å². The molecular weight excluding hydrogens is 432 g/mol. The van der Waals surface area contributed by atoms with Gasteiger partial charge in [0.1, 0.15) is 10.6 Å². The van der Waals surface area contributed by atoms with Crippen molar-refractivity contribution < 1.29 is 17.9 Å². The second-order valence-electron chi connectivity index (χ2n) is 6.25. The van der Waals surface area contributed by atoms with Crippen molar-refractivity contribution in [1.29, 1.82) is 0 Å². The maximum Gasteiger partial charge on any atom is 0.265 e. The molecule has 27 heavy (non-hydrogen) atoms. The molecule has 6 nitrogen and oxygen atoms in total. The lowest BCUT2D eigenvalue weighted by Gasteiger charge is -2.15. The molecular formula is C19H23BrN2O4S. The Bertz CT molecular complexity index is 945. The van der Waals surface area contributed by atoms with Crippen LogP contribution in [0.3, 0.4) is 0 Å². The standard InChI is InChI=1S/C19H23BrN2O4S/c1-5-13(3)19(23)21-14-7-9-17(26-4)18(11-14)27(24,25)22-16-10-12(2)6-8-15(16)20/h6-11,13,22H,5H2,1-4H3,(H,21,23). The second-order valence-corrected chi connectivity index (χ2v) is 8.76. The van der Waals surface area contributed by atoms with Gasteiger partial charge in [0.05, 0.1) is 12.8 Å². The fourth-order valence-corrected chi connectivity index (χ4v) is 4.08. The molecule has 2 N–H and O–H groups in total. The third kappa shape index (κ3) is 5.23. The molecule has 0 saturated heterocycles. The number of benzene rings is 2. The first-order valence-electron chi connectivity index (χ1n) is 8.45. The molecule has 1 unspecified atom stereocenters. The summed E-state index contributed by atoms with van der Waals surface area (Å²) in [6.45, 7) is 5.60. The number of amides is 1. The van der Waals surface area contributed by atoms with E-state index < -0.39 is 10.0 Å². The van der Waals surface area contributed by atoms with E-state index >= 15 is 0 Å². The number of aryl methyl sites for hydroxylation is 1. The number of carbonyl (C=O) groups excluding carboxylic acids is 1. The van der Waals surface area contributed by atoms with E-state index in [1.165, 1.54) is 19.2 Å². The Morgan fingerprint density at radius 1 is 1.22 bits per heavy atom. The molecule has 0 radical (unpaired) electrons. The van der Waals surface area contributed by atoms with Crippen LogP contribution in [0.25, 0.3) is 0 Å². The van der Waals surface area contributed by atoms with Crippen LogP contribution in [0.1, 0.15) is 25.8 Å². The zero-order valence-corrected chi connectivity index (χ0v) is 18.1. The SMILES string of the molecule is CCC(C)C(=O)Nc1ccc(OC)c(S(=O)(=O)Nc2cc(C)ccc2Br)c1. The minimum absolute atomic E-state index is 0.0552. The van der Waals surface area contributed by atoms with E-state index in [0.717, 1.165) is 5.56 Å². The molecule has 0 spiro atoms. The van der Waals surface area contributed by atoms with Gasteiger partial charge in [-0.3, -0.25) is 9.52 Å². The summed E-state index contributed by atoms with van der Waals surface area (Å²) in [5.41, 5.74) is 1.73. The Balaban J connectivity index is 2.40.